The molecule has 1 heterocycles. The predicted molar refractivity (Wildman–Crippen MR) is 129 cm³/mol. The van der Waals surface area contributed by atoms with Gasteiger partial charge in [0.15, 0.2) is 5.96 Å². The number of guanidine groups is 1. The van der Waals surface area contributed by atoms with Gasteiger partial charge in [-0.25, -0.2) is 0 Å². The quantitative estimate of drug-likeness (QED) is 0.189. The second kappa shape index (κ2) is 13.9. The largest absolute Gasteiger partial charge is 0.357 e. The van der Waals surface area contributed by atoms with Gasteiger partial charge < -0.3 is 20.9 Å². The van der Waals surface area contributed by atoms with Crippen LogP contribution in [-0.4, -0.2) is 61.9 Å². The summed E-state index contributed by atoms with van der Waals surface area (Å²) >= 11 is 11.8. The van der Waals surface area contributed by atoms with E-state index in [9.17, 15) is 9.59 Å². The van der Waals surface area contributed by atoms with Crippen molar-refractivity contribution in [2.24, 2.45) is 4.99 Å². The Bertz CT molecular complexity index is 718. The maximum absolute atomic E-state index is 12.1. The minimum atomic E-state index is -0.211. The molecule has 0 atom stereocenters. The summed E-state index contributed by atoms with van der Waals surface area (Å²) < 4.78 is 0. The van der Waals surface area contributed by atoms with Crippen LogP contribution in [-0.2, 0) is 4.79 Å². The fraction of sp³-hybridized carbons (Fsp3) is 0.526. The smallest absolute Gasteiger partial charge is 0.251 e. The van der Waals surface area contributed by atoms with Crippen molar-refractivity contribution >= 4 is 65.0 Å². The summed E-state index contributed by atoms with van der Waals surface area (Å²) in [4.78, 5) is 30.1. The third-order valence-corrected chi connectivity index (χ3v) is 5.00. The molecular formula is C19H28Cl2IN5O2. The normalized spacial score (nSPS) is 13.8. The van der Waals surface area contributed by atoms with Gasteiger partial charge in [0, 0.05) is 51.3 Å². The first-order valence-corrected chi connectivity index (χ1v) is 10.3. The highest BCUT2D eigenvalue weighted by atomic mass is 127. The van der Waals surface area contributed by atoms with Crippen molar-refractivity contribution in [1.29, 1.82) is 0 Å². The molecule has 0 unspecified atom stereocenters. The molecule has 1 aliphatic rings. The fourth-order valence-corrected chi connectivity index (χ4v) is 3.13. The van der Waals surface area contributed by atoms with Crippen LogP contribution in [0.1, 0.15) is 36.5 Å². The topological polar surface area (TPSA) is 85.8 Å². The van der Waals surface area contributed by atoms with Crippen LogP contribution in [0.2, 0.25) is 10.0 Å². The zero-order chi connectivity index (χ0) is 20.4. The minimum Gasteiger partial charge on any atom is -0.357 e. The Labute approximate surface area is 199 Å². The van der Waals surface area contributed by atoms with E-state index < -0.39 is 0 Å². The molecule has 29 heavy (non-hydrogen) atoms. The zero-order valence-electron chi connectivity index (χ0n) is 16.5. The molecule has 162 valence electrons. The molecule has 0 aromatic heterocycles. The number of nitrogens with one attached hydrogen (secondary N) is 3. The summed E-state index contributed by atoms with van der Waals surface area (Å²) in [5.74, 6) is 0.725. The molecule has 1 fully saturated rings. The van der Waals surface area contributed by atoms with Crippen LogP contribution in [0.5, 0.6) is 0 Å². The first kappa shape index (κ1) is 25.8. The molecule has 10 heteroatoms. The lowest BCUT2D eigenvalue weighted by Gasteiger charge is -2.15. The number of nitrogens with zero attached hydrogens (tertiary/aromatic N) is 2. The Morgan fingerprint density at radius 2 is 1.93 bits per heavy atom. The molecule has 2 amide bonds. The van der Waals surface area contributed by atoms with Crippen molar-refractivity contribution in [1.82, 2.24) is 20.9 Å². The maximum Gasteiger partial charge on any atom is 0.251 e. The number of carbonyl (C=O) groups excluding carboxylic acids is 2. The molecule has 1 aromatic rings. The van der Waals surface area contributed by atoms with Gasteiger partial charge in [-0.05, 0) is 38.0 Å². The summed E-state index contributed by atoms with van der Waals surface area (Å²) in [5.41, 5.74) is 0.464. The van der Waals surface area contributed by atoms with Crippen LogP contribution in [0, 0.1) is 0 Å². The average Bonchev–Trinajstić information content (AvgIpc) is 3.09. The molecule has 1 aliphatic heterocycles. The Morgan fingerprint density at radius 1 is 1.17 bits per heavy atom. The Morgan fingerprint density at radius 3 is 2.59 bits per heavy atom. The van der Waals surface area contributed by atoms with E-state index in [1.54, 1.807) is 18.2 Å². The van der Waals surface area contributed by atoms with E-state index in [4.69, 9.17) is 23.2 Å². The van der Waals surface area contributed by atoms with Crippen LogP contribution in [0.25, 0.3) is 0 Å². The molecule has 0 saturated carbocycles. The third-order valence-electron chi connectivity index (χ3n) is 4.26. The Balaban J connectivity index is 0.00000420. The van der Waals surface area contributed by atoms with Gasteiger partial charge in [0.05, 0.1) is 10.0 Å². The van der Waals surface area contributed by atoms with Crippen LogP contribution < -0.4 is 16.0 Å². The van der Waals surface area contributed by atoms with Gasteiger partial charge >= 0.3 is 0 Å². The van der Waals surface area contributed by atoms with Gasteiger partial charge in [-0.1, -0.05) is 23.2 Å². The molecule has 2 rings (SSSR count). The van der Waals surface area contributed by atoms with Gasteiger partial charge in [-0.3, -0.25) is 14.6 Å². The van der Waals surface area contributed by atoms with E-state index in [-0.39, 0.29) is 35.8 Å². The van der Waals surface area contributed by atoms with Gasteiger partial charge in [0.25, 0.3) is 5.91 Å². The number of hydrogen-bond donors (Lipinski definition) is 3. The second-order valence-corrected chi connectivity index (χ2v) is 7.22. The lowest BCUT2D eigenvalue weighted by atomic mass is 10.2. The molecule has 1 aromatic carbocycles. The monoisotopic (exact) mass is 555 g/mol. The fourth-order valence-electron chi connectivity index (χ4n) is 2.83. The van der Waals surface area contributed by atoms with Crippen molar-refractivity contribution in [3.8, 4) is 0 Å². The summed E-state index contributed by atoms with van der Waals surface area (Å²) in [6.45, 7) is 5.95. The highest BCUT2D eigenvalue weighted by Crippen LogP contribution is 2.22. The van der Waals surface area contributed by atoms with E-state index >= 15 is 0 Å². The van der Waals surface area contributed by atoms with Crippen molar-refractivity contribution < 1.29 is 9.59 Å². The standard InChI is InChI=1S/C19H27Cl2N5O2.HI/c1-2-22-19(24-8-4-12-26-11-3-5-17(26)27)25-10-9-23-18(28)14-6-7-15(20)16(21)13-14;/h6-7,13H,2-5,8-12H2,1H3,(H,23,28)(H2,22,24,25);1H. The van der Waals surface area contributed by atoms with Crippen molar-refractivity contribution in [2.75, 3.05) is 39.3 Å². The van der Waals surface area contributed by atoms with Gasteiger partial charge in [0.2, 0.25) is 5.91 Å². The molecule has 1 saturated heterocycles. The number of amides is 2. The first-order chi connectivity index (χ1) is 13.5. The number of aliphatic imine (C=N–C) groups is 1. The summed E-state index contributed by atoms with van der Waals surface area (Å²) in [6, 6.07) is 4.78. The number of likely N-dealkylation sites (tertiary alicyclic amines) is 1. The van der Waals surface area contributed by atoms with Crippen LogP contribution in [0.3, 0.4) is 0 Å². The first-order valence-electron chi connectivity index (χ1n) is 9.54. The molecule has 7 nitrogen and oxygen atoms in total. The van der Waals surface area contributed by atoms with Crippen LogP contribution in [0.4, 0.5) is 0 Å². The minimum absolute atomic E-state index is 0. The third kappa shape index (κ3) is 8.96. The molecule has 0 bridgehead atoms. The van der Waals surface area contributed by atoms with E-state index in [1.165, 1.54) is 0 Å². The molecular weight excluding hydrogens is 528 g/mol. The molecule has 0 radical (unpaired) electrons. The summed E-state index contributed by atoms with van der Waals surface area (Å²) in [6.07, 6.45) is 2.46. The molecule has 3 N–H and O–H groups in total. The Hall–Kier alpha value is -1.26. The van der Waals surface area contributed by atoms with Gasteiger partial charge in [-0.2, -0.15) is 0 Å². The lowest BCUT2D eigenvalue weighted by molar-refractivity contribution is -0.127. The number of carbonyl (C=O) groups is 2. The average molecular weight is 556 g/mol. The van der Waals surface area contributed by atoms with Crippen molar-refractivity contribution in [3.63, 3.8) is 0 Å². The number of rotatable bonds is 9. The van der Waals surface area contributed by atoms with Gasteiger partial charge in [-0.15, -0.1) is 24.0 Å². The second-order valence-electron chi connectivity index (χ2n) is 6.41. The maximum atomic E-state index is 12.1. The number of benzene rings is 1. The van der Waals surface area contributed by atoms with Crippen LogP contribution in [0.15, 0.2) is 23.2 Å². The van der Waals surface area contributed by atoms with Gasteiger partial charge in [0.1, 0.15) is 0 Å². The highest BCUT2D eigenvalue weighted by molar-refractivity contribution is 14.0. The van der Waals surface area contributed by atoms with E-state index in [0.29, 0.717) is 47.6 Å². The van der Waals surface area contributed by atoms with E-state index in [1.807, 2.05) is 11.8 Å². The van der Waals surface area contributed by atoms with E-state index in [2.05, 4.69) is 20.9 Å². The molecule has 0 spiro atoms. The van der Waals surface area contributed by atoms with Crippen LogP contribution >= 0.6 is 47.2 Å². The lowest BCUT2D eigenvalue weighted by Crippen LogP contribution is -2.41. The number of hydrogen-bond acceptors (Lipinski definition) is 3. The van der Waals surface area contributed by atoms with Crippen molar-refractivity contribution in [2.45, 2.75) is 26.2 Å². The summed E-state index contributed by atoms with van der Waals surface area (Å²) in [5, 5.41) is 9.94. The highest BCUT2D eigenvalue weighted by Gasteiger charge is 2.18. The SMILES string of the molecule is CCNC(=NCCCN1CCCC1=O)NCCNC(=O)c1ccc(Cl)c(Cl)c1.I. The van der Waals surface area contributed by atoms with Crippen molar-refractivity contribution in [3.05, 3.63) is 33.8 Å². The number of halogens is 3. The zero-order valence-corrected chi connectivity index (χ0v) is 20.3. The Kier molecular flexibility index (Phi) is 12.3. The van der Waals surface area contributed by atoms with E-state index in [0.717, 1.165) is 32.5 Å². The molecule has 0 aliphatic carbocycles. The predicted octanol–water partition coefficient (Wildman–Crippen LogP) is 2.91. The summed E-state index contributed by atoms with van der Waals surface area (Å²) in [7, 11) is 0.